The minimum atomic E-state index is -1.93. The molecule has 0 spiro atoms. The van der Waals surface area contributed by atoms with Gasteiger partial charge in [0.15, 0.2) is 0 Å². The van der Waals surface area contributed by atoms with Gasteiger partial charge in [0.1, 0.15) is 4.59 Å². The molecule has 0 heterocycles. The van der Waals surface area contributed by atoms with E-state index in [9.17, 15) is 0 Å². The van der Waals surface area contributed by atoms with Crippen LogP contribution in [-0.4, -0.2) is 7.05 Å². The number of rotatable bonds is 3. The summed E-state index contributed by atoms with van der Waals surface area (Å²) in [6.45, 7) is 0. The number of benzene rings is 1. The molecule has 0 saturated carbocycles. The Bertz CT molecular complexity index is 291. The van der Waals surface area contributed by atoms with Gasteiger partial charge in [-0.1, -0.05) is 53.4 Å². The summed E-state index contributed by atoms with van der Waals surface area (Å²) in [6.07, 6.45) is 0. The smallest absolute Gasteiger partial charge is 0.130 e. The molecule has 0 radical (unpaired) electrons. The zero-order chi connectivity index (χ0) is 9.03. The minimum absolute atomic E-state index is 1.04. The van der Waals surface area contributed by atoms with Crippen LogP contribution in [0.1, 0.15) is 0 Å². The van der Waals surface area contributed by atoms with E-state index in [2.05, 4.69) is 4.72 Å². The van der Waals surface area contributed by atoms with E-state index in [-0.39, 0.29) is 0 Å². The zero-order valence-electron chi connectivity index (χ0n) is 6.53. The Hall–Kier alpha value is 0.470. The van der Waals surface area contributed by atoms with Crippen molar-refractivity contribution in [1.29, 1.82) is 0 Å². The highest BCUT2D eigenvalue weighted by molar-refractivity contribution is 8.79. The zero-order valence-corrected chi connectivity index (χ0v) is 9.81. The first kappa shape index (κ1) is 10.6. The number of halogens is 1. The highest BCUT2D eigenvalue weighted by atomic mass is 35.7. The van der Waals surface area contributed by atoms with Gasteiger partial charge >= 0.3 is 0 Å². The van der Waals surface area contributed by atoms with Crippen molar-refractivity contribution < 1.29 is 0 Å². The summed E-state index contributed by atoms with van der Waals surface area (Å²) >= 11 is 12.9. The molecule has 0 aliphatic heterocycles. The van der Waals surface area contributed by atoms with Crippen molar-refractivity contribution in [3.63, 3.8) is 0 Å². The molecule has 0 saturated heterocycles. The average Bonchev–Trinajstić information content (AvgIpc) is 2.06. The molecular formula is C7H9ClNPS2. The second-order valence-electron chi connectivity index (χ2n) is 2.11. The van der Waals surface area contributed by atoms with Gasteiger partial charge in [-0.2, -0.15) is 0 Å². The maximum atomic E-state index is 6.19. The highest BCUT2D eigenvalue weighted by Gasteiger charge is 2.15. The van der Waals surface area contributed by atoms with Crippen molar-refractivity contribution >= 4 is 44.5 Å². The number of hydrogen-bond donors (Lipinski definition) is 1. The first-order valence-corrected chi connectivity index (χ1v) is 8.50. The monoisotopic (exact) mass is 237 g/mol. The third-order valence-electron chi connectivity index (χ3n) is 1.27. The van der Waals surface area contributed by atoms with Crippen molar-refractivity contribution in [2.24, 2.45) is 0 Å². The van der Waals surface area contributed by atoms with Gasteiger partial charge in [-0.3, -0.25) is 4.72 Å². The average molecular weight is 238 g/mol. The Morgan fingerprint density at radius 1 is 1.42 bits per heavy atom. The first-order chi connectivity index (χ1) is 5.67. The maximum Gasteiger partial charge on any atom is 0.130 e. The van der Waals surface area contributed by atoms with Crippen LogP contribution in [-0.2, 0) is 11.8 Å². The van der Waals surface area contributed by atoms with E-state index in [0.717, 1.165) is 5.30 Å². The van der Waals surface area contributed by atoms with E-state index in [1.165, 1.54) is 11.6 Å². The van der Waals surface area contributed by atoms with Crippen LogP contribution in [0, 0.1) is 0 Å². The molecule has 1 aromatic carbocycles. The molecule has 0 aliphatic carbocycles. The molecule has 66 valence electrons. The number of nitrogens with one attached hydrogen (secondary N) is 1. The lowest BCUT2D eigenvalue weighted by atomic mass is 10.4. The minimum Gasteiger partial charge on any atom is -0.262 e. The first-order valence-electron chi connectivity index (χ1n) is 3.37. The van der Waals surface area contributed by atoms with Crippen molar-refractivity contribution in [2.75, 3.05) is 7.05 Å². The van der Waals surface area contributed by atoms with Crippen LogP contribution in [0.2, 0.25) is 0 Å². The normalized spacial score (nSPS) is 15.5. The van der Waals surface area contributed by atoms with Gasteiger partial charge in [0.05, 0.1) is 0 Å². The molecule has 0 aliphatic rings. The van der Waals surface area contributed by atoms with Gasteiger partial charge in [0, 0.05) is 5.30 Å². The lowest BCUT2D eigenvalue weighted by Gasteiger charge is -2.11. The van der Waals surface area contributed by atoms with Crippen molar-refractivity contribution in [3.8, 4) is 0 Å². The second-order valence-corrected chi connectivity index (χ2v) is 11.4. The van der Waals surface area contributed by atoms with Crippen LogP contribution in [0.3, 0.4) is 0 Å². The van der Waals surface area contributed by atoms with Crippen molar-refractivity contribution in [1.82, 2.24) is 4.72 Å². The summed E-state index contributed by atoms with van der Waals surface area (Å²) in [4.78, 5) is 0. The molecule has 0 fully saturated rings. The lowest BCUT2D eigenvalue weighted by molar-refractivity contribution is 1.31. The Morgan fingerprint density at radius 2 is 2.00 bits per heavy atom. The third kappa shape index (κ3) is 2.75. The Balaban J connectivity index is 2.90. The molecule has 5 heteroatoms. The summed E-state index contributed by atoms with van der Waals surface area (Å²) < 4.78 is 1.00. The molecule has 1 rings (SSSR count). The molecular weight excluding hydrogens is 229 g/mol. The van der Waals surface area contributed by atoms with E-state index in [1.807, 2.05) is 37.4 Å². The lowest BCUT2D eigenvalue weighted by Crippen LogP contribution is -2.00. The topological polar surface area (TPSA) is 12.0 Å². The fourth-order valence-corrected chi connectivity index (χ4v) is 5.03. The Morgan fingerprint density at radius 3 is 2.50 bits per heavy atom. The summed E-state index contributed by atoms with van der Waals surface area (Å²) in [6, 6.07) is 9.81. The molecule has 1 N–H and O–H groups in total. The molecule has 0 bridgehead atoms. The van der Waals surface area contributed by atoms with E-state index < -0.39 is 4.59 Å². The molecule has 1 atom stereocenters. The molecule has 1 unspecified atom stereocenters. The van der Waals surface area contributed by atoms with Gasteiger partial charge in [-0.05, 0) is 18.6 Å². The Labute approximate surface area is 86.6 Å². The van der Waals surface area contributed by atoms with Crippen LogP contribution in [0.25, 0.3) is 0 Å². The summed E-state index contributed by atoms with van der Waals surface area (Å²) in [7, 11) is 1.83. The van der Waals surface area contributed by atoms with Crippen molar-refractivity contribution in [3.05, 3.63) is 30.3 Å². The fourth-order valence-electron chi connectivity index (χ4n) is 0.776. The molecule has 0 amide bonds. The molecule has 1 nitrogen and oxygen atoms in total. The van der Waals surface area contributed by atoms with Crippen LogP contribution >= 0.6 is 27.4 Å². The largest absolute Gasteiger partial charge is 0.262 e. The van der Waals surface area contributed by atoms with E-state index in [4.69, 9.17) is 23.0 Å². The highest BCUT2D eigenvalue weighted by Crippen LogP contribution is 2.60. The van der Waals surface area contributed by atoms with E-state index >= 15 is 0 Å². The van der Waals surface area contributed by atoms with Crippen LogP contribution < -0.4 is 10.0 Å². The van der Waals surface area contributed by atoms with Gasteiger partial charge in [-0.25, -0.2) is 0 Å². The van der Waals surface area contributed by atoms with E-state index in [0.29, 0.717) is 0 Å². The van der Waals surface area contributed by atoms with Crippen LogP contribution in [0.4, 0.5) is 0 Å². The predicted molar refractivity (Wildman–Crippen MR) is 62.9 cm³/mol. The quantitative estimate of drug-likeness (QED) is 0.641. The molecule has 0 aromatic heterocycles. The van der Waals surface area contributed by atoms with Crippen LogP contribution in [0.15, 0.2) is 30.3 Å². The Kier molecular flexibility index (Phi) is 4.08. The number of hydrogen-bond acceptors (Lipinski definition) is 3. The fraction of sp³-hybridized carbons (Fsp3) is 0.143. The van der Waals surface area contributed by atoms with Gasteiger partial charge in [-0.15, -0.1) is 0 Å². The standard InChI is InChI=1S/C7H9ClNPS2/c1-9-12-10(8,11)7-5-3-2-4-6-7/h2-6,9H,1H3. The van der Waals surface area contributed by atoms with E-state index in [1.54, 1.807) is 0 Å². The van der Waals surface area contributed by atoms with Gasteiger partial charge in [0.25, 0.3) is 0 Å². The molecule has 12 heavy (non-hydrogen) atoms. The summed E-state index contributed by atoms with van der Waals surface area (Å²) in [5.74, 6) is 0. The molecule has 1 aromatic rings. The maximum absolute atomic E-state index is 6.19. The van der Waals surface area contributed by atoms with Gasteiger partial charge < -0.3 is 0 Å². The predicted octanol–water partition coefficient (Wildman–Crippen LogP) is 2.73. The third-order valence-corrected chi connectivity index (χ3v) is 7.00. The summed E-state index contributed by atoms with van der Waals surface area (Å²) in [5.41, 5.74) is 0. The van der Waals surface area contributed by atoms with Crippen molar-refractivity contribution in [2.45, 2.75) is 0 Å². The van der Waals surface area contributed by atoms with Gasteiger partial charge in [0.2, 0.25) is 0 Å². The summed E-state index contributed by atoms with van der Waals surface area (Å²) in [5, 5.41) is 1.04. The van der Waals surface area contributed by atoms with Crippen LogP contribution in [0.5, 0.6) is 0 Å². The SMILES string of the molecule is CNSP(=S)(Cl)c1ccccc1. The second kappa shape index (κ2) is 4.64.